The van der Waals surface area contributed by atoms with Crippen LogP contribution in [0.15, 0.2) is 48.5 Å². The molecule has 3 amide bonds. The molecule has 2 N–H and O–H groups in total. The molecule has 0 unspecified atom stereocenters. The molecular weight excluding hydrogens is 423 g/mol. The summed E-state index contributed by atoms with van der Waals surface area (Å²) >= 11 is 0. The highest BCUT2D eigenvalue weighted by Crippen LogP contribution is 2.26. The van der Waals surface area contributed by atoms with E-state index in [1.165, 1.54) is 6.07 Å². The lowest BCUT2D eigenvalue weighted by Crippen LogP contribution is -2.60. The lowest BCUT2D eigenvalue weighted by Gasteiger charge is -2.42. The van der Waals surface area contributed by atoms with Crippen LogP contribution < -0.4 is 10.6 Å². The van der Waals surface area contributed by atoms with Crippen LogP contribution in [0, 0.1) is 5.82 Å². The SMILES string of the molecule is CNC(=O)c1cccc([C@H]2CN(C(=O)C(C)(C)NC(=O)Cc3ccccc3F)CCN2C)c1. The standard InChI is InChI=1S/C25H31FN4O3/c1-25(2,28-22(31)15-17-8-5-6-11-20(17)26)24(33)30-13-12-29(4)21(16-30)18-9-7-10-19(14-18)23(32)27-3/h5-11,14,21H,12-13,15-16H2,1-4H3,(H,27,32)(H,28,31)/t21-/m1/s1. The van der Waals surface area contributed by atoms with E-state index in [4.69, 9.17) is 0 Å². The van der Waals surface area contributed by atoms with Gasteiger partial charge in [-0.25, -0.2) is 4.39 Å². The summed E-state index contributed by atoms with van der Waals surface area (Å²) in [5.41, 5.74) is 0.645. The number of benzene rings is 2. The normalized spacial score (nSPS) is 16.9. The summed E-state index contributed by atoms with van der Waals surface area (Å²) in [6.45, 7) is 4.93. The van der Waals surface area contributed by atoms with Crippen LogP contribution in [-0.4, -0.2) is 66.8 Å². The third-order valence-electron chi connectivity index (χ3n) is 5.99. The number of likely N-dealkylation sites (N-methyl/N-ethyl adjacent to an activating group) is 1. The van der Waals surface area contributed by atoms with E-state index < -0.39 is 17.3 Å². The molecule has 0 spiro atoms. The number of carbonyl (C=O) groups excluding carboxylic acids is 3. The number of carbonyl (C=O) groups is 3. The van der Waals surface area contributed by atoms with Crippen molar-refractivity contribution in [2.24, 2.45) is 0 Å². The van der Waals surface area contributed by atoms with Crippen molar-refractivity contribution in [2.75, 3.05) is 33.7 Å². The van der Waals surface area contributed by atoms with Gasteiger partial charge in [0.15, 0.2) is 0 Å². The van der Waals surface area contributed by atoms with Crippen LogP contribution >= 0.6 is 0 Å². The Bertz CT molecular complexity index is 1040. The van der Waals surface area contributed by atoms with E-state index in [0.717, 1.165) is 5.56 Å². The molecule has 0 aromatic heterocycles. The fourth-order valence-electron chi connectivity index (χ4n) is 4.11. The Kier molecular flexibility index (Phi) is 7.48. The second-order valence-electron chi connectivity index (χ2n) is 8.89. The number of hydrogen-bond acceptors (Lipinski definition) is 4. The van der Waals surface area contributed by atoms with E-state index in [-0.39, 0.29) is 29.8 Å². The van der Waals surface area contributed by atoms with Gasteiger partial charge in [0.1, 0.15) is 11.4 Å². The Balaban J connectivity index is 1.70. The van der Waals surface area contributed by atoms with Crippen molar-refractivity contribution < 1.29 is 18.8 Å². The average Bonchev–Trinajstić information content (AvgIpc) is 2.79. The highest BCUT2D eigenvalue weighted by atomic mass is 19.1. The summed E-state index contributed by atoms with van der Waals surface area (Å²) in [4.78, 5) is 41.8. The highest BCUT2D eigenvalue weighted by Gasteiger charge is 2.37. The van der Waals surface area contributed by atoms with E-state index in [1.54, 1.807) is 50.1 Å². The van der Waals surface area contributed by atoms with Crippen molar-refractivity contribution in [3.63, 3.8) is 0 Å². The third-order valence-corrected chi connectivity index (χ3v) is 5.99. The predicted molar refractivity (Wildman–Crippen MR) is 124 cm³/mol. The van der Waals surface area contributed by atoms with Crippen LogP contribution in [0.5, 0.6) is 0 Å². The second-order valence-corrected chi connectivity index (χ2v) is 8.89. The highest BCUT2D eigenvalue weighted by molar-refractivity contribution is 5.94. The van der Waals surface area contributed by atoms with Gasteiger partial charge in [-0.05, 0) is 50.2 Å². The number of nitrogens with one attached hydrogen (secondary N) is 2. The topological polar surface area (TPSA) is 81.8 Å². The molecule has 1 heterocycles. The summed E-state index contributed by atoms with van der Waals surface area (Å²) in [7, 11) is 3.57. The summed E-state index contributed by atoms with van der Waals surface area (Å²) in [6.07, 6.45) is -0.138. The van der Waals surface area contributed by atoms with Gasteiger partial charge >= 0.3 is 0 Å². The Morgan fingerprint density at radius 3 is 2.52 bits per heavy atom. The van der Waals surface area contributed by atoms with E-state index in [2.05, 4.69) is 15.5 Å². The third kappa shape index (κ3) is 5.76. The molecule has 2 aromatic carbocycles. The molecule has 1 saturated heterocycles. The zero-order valence-corrected chi connectivity index (χ0v) is 19.5. The fraction of sp³-hybridized carbons (Fsp3) is 0.400. The molecule has 7 nitrogen and oxygen atoms in total. The van der Waals surface area contributed by atoms with Crippen molar-refractivity contribution in [2.45, 2.75) is 31.8 Å². The van der Waals surface area contributed by atoms with E-state index >= 15 is 0 Å². The maximum absolute atomic E-state index is 13.9. The lowest BCUT2D eigenvalue weighted by atomic mass is 9.97. The minimum absolute atomic E-state index is 0.0859. The van der Waals surface area contributed by atoms with Crippen molar-refractivity contribution >= 4 is 17.7 Å². The minimum atomic E-state index is -1.15. The van der Waals surface area contributed by atoms with Crippen molar-refractivity contribution in [3.8, 4) is 0 Å². The van der Waals surface area contributed by atoms with Gasteiger partial charge in [0.05, 0.1) is 12.5 Å². The molecule has 0 radical (unpaired) electrons. The fourth-order valence-corrected chi connectivity index (χ4v) is 4.11. The quantitative estimate of drug-likeness (QED) is 0.701. The first-order valence-electron chi connectivity index (χ1n) is 11.0. The summed E-state index contributed by atoms with van der Waals surface area (Å²) in [6, 6.07) is 13.4. The first kappa shape index (κ1) is 24.4. The second kappa shape index (κ2) is 10.1. The van der Waals surface area contributed by atoms with Gasteiger partial charge in [-0.3, -0.25) is 19.3 Å². The Morgan fingerprint density at radius 2 is 1.82 bits per heavy atom. The summed E-state index contributed by atoms with van der Waals surface area (Å²) in [5.74, 6) is -1.23. The van der Waals surface area contributed by atoms with Gasteiger partial charge in [0.25, 0.3) is 5.91 Å². The summed E-state index contributed by atoms with van der Waals surface area (Å²) in [5, 5.41) is 5.39. The van der Waals surface area contributed by atoms with Gasteiger partial charge in [-0.1, -0.05) is 30.3 Å². The van der Waals surface area contributed by atoms with E-state index in [1.807, 2.05) is 25.2 Å². The number of hydrogen-bond donors (Lipinski definition) is 2. The molecule has 176 valence electrons. The zero-order chi connectivity index (χ0) is 24.2. The first-order chi connectivity index (χ1) is 15.6. The predicted octanol–water partition coefficient (Wildman–Crippen LogP) is 2.14. The van der Waals surface area contributed by atoms with Crippen molar-refractivity contribution in [1.82, 2.24) is 20.4 Å². The number of piperazine rings is 1. The number of halogens is 1. The monoisotopic (exact) mass is 454 g/mol. The molecule has 3 rings (SSSR count). The van der Waals surface area contributed by atoms with Crippen LogP contribution in [0.25, 0.3) is 0 Å². The molecule has 0 bridgehead atoms. The molecule has 0 aliphatic carbocycles. The largest absolute Gasteiger partial charge is 0.355 e. The maximum atomic E-state index is 13.9. The first-order valence-corrected chi connectivity index (χ1v) is 11.0. The smallest absolute Gasteiger partial charge is 0.251 e. The molecular formula is C25H31FN4O3. The Hall–Kier alpha value is -3.26. The molecule has 1 atom stereocenters. The molecule has 8 heteroatoms. The molecule has 1 aliphatic heterocycles. The van der Waals surface area contributed by atoms with Crippen LogP contribution in [0.2, 0.25) is 0 Å². The van der Waals surface area contributed by atoms with Crippen LogP contribution in [0.3, 0.4) is 0 Å². The maximum Gasteiger partial charge on any atom is 0.251 e. The Morgan fingerprint density at radius 1 is 1.09 bits per heavy atom. The van der Waals surface area contributed by atoms with Gasteiger partial charge in [-0.2, -0.15) is 0 Å². The average molecular weight is 455 g/mol. The van der Waals surface area contributed by atoms with Crippen molar-refractivity contribution in [1.29, 1.82) is 0 Å². The van der Waals surface area contributed by atoms with Gasteiger partial charge in [0, 0.05) is 32.2 Å². The molecule has 2 aromatic rings. The molecule has 33 heavy (non-hydrogen) atoms. The zero-order valence-electron chi connectivity index (χ0n) is 19.5. The number of rotatable bonds is 6. The Labute approximate surface area is 193 Å². The van der Waals surface area contributed by atoms with Gasteiger partial charge in [0.2, 0.25) is 11.8 Å². The van der Waals surface area contributed by atoms with Gasteiger partial charge in [-0.15, -0.1) is 0 Å². The number of nitrogens with zero attached hydrogens (tertiary/aromatic N) is 2. The van der Waals surface area contributed by atoms with E-state index in [9.17, 15) is 18.8 Å². The van der Waals surface area contributed by atoms with Crippen LogP contribution in [0.1, 0.15) is 41.4 Å². The summed E-state index contributed by atoms with van der Waals surface area (Å²) < 4.78 is 13.9. The molecule has 1 fully saturated rings. The molecule has 1 aliphatic rings. The van der Waals surface area contributed by atoms with E-state index in [0.29, 0.717) is 25.2 Å². The number of amides is 3. The minimum Gasteiger partial charge on any atom is -0.355 e. The van der Waals surface area contributed by atoms with Gasteiger partial charge < -0.3 is 15.5 Å². The lowest BCUT2D eigenvalue weighted by molar-refractivity contribution is -0.142. The van der Waals surface area contributed by atoms with Crippen LogP contribution in [0.4, 0.5) is 4.39 Å². The van der Waals surface area contributed by atoms with Crippen LogP contribution in [-0.2, 0) is 16.0 Å². The van der Waals surface area contributed by atoms with Crippen molar-refractivity contribution in [3.05, 3.63) is 71.0 Å². The molecule has 0 saturated carbocycles.